The molecule has 1 heterocycles. The van der Waals surface area contributed by atoms with Gasteiger partial charge in [0.2, 0.25) is 0 Å². The molecule has 0 aliphatic carbocycles. The third-order valence-corrected chi connectivity index (χ3v) is 4.22. The number of halogens is 1. The summed E-state index contributed by atoms with van der Waals surface area (Å²) in [6.45, 7) is 3.05. The summed E-state index contributed by atoms with van der Waals surface area (Å²) in [6, 6.07) is 8.32. The Morgan fingerprint density at radius 2 is 2.00 bits per heavy atom. The molecule has 0 radical (unpaired) electrons. The van der Waals surface area contributed by atoms with Gasteiger partial charge in [-0.25, -0.2) is 4.98 Å². The Balaban J connectivity index is 2.35. The summed E-state index contributed by atoms with van der Waals surface area (Å²) in [7, 11) is 1.97. The van der Waals surface area contributed by atoms with Crippen LogP contribution in [-0.2, 0) is 13.0 Å². The van der Waals surface area contributed by atoms with E-state index in [1.807, 2.05) is 7.05 Å². The summed E-state index contributed by atoms with van der Waals surface area (Å²) in [4.78, 5) is 6.05. The van der Waals surface area contributed by atoms with Crippen molar-refractivity contribution in [1.82, 2.24) is 10.3 Å². The highest BCUT2D eigenvalue weighted by atomic mass is 79.9. The second-order valence-corrected chi connectivity index (χ2v) is 5.78. The van der Waals surface area contributed by atoms with Crippen molar-refractivity contribution in [1.29, 1.82) is 0 Å². The van der Waals surface area contributed by atoms with Gasteiger partial charge in [0.25, 0.3) is 0 Å². The summed E-state index contributed by atoms with van der Waals surface area (Å²) >= 11 is 5.23. The van der Waals surface area contributed by atoms with E-state index in [0.717, 1.165) is 22.4 Å². The SMILES string of the molecule is CCc1nc(-c2ccc(Br)cc2)sc1CNC. The highest BCUT2D eigenvalue weighted by Crippen LogP contribution is 2.29. The molecule has 0 aliphatic rings. The van der Waals surface area contributed by atoms with Crippen molar-refractivity contribution in [3.05, 3.63) is 39.3 Å². The minimum atomic E-state index is 0.900. The van der Waals surface area contributed by atoms with Crippen LogP contribution in [0.1, 0.15) is 17.5 Å². The van der Waals surface area contributed by atoms with Gasteiger partial charge >= 0.3 is 0 Å². The van der Waals surface area contributed by atoms with Crippen LogP contribution in [0.4, 0.5) is 0 Å². The van der Waals surface area contributed by atoms with Crippen molar-refractivity contribution in [2.75, 3.05) is 7.05 Å². The average molecular weight is 311 g/mol. The lowest BCUT2D eigenvalue weighted by molar-refractivity contribution is 0.815. The highest BCUT2D eigenvalue weighted by molar-refractivity contribution is 9.10. The van der Waals surface area contributed by atoms with E-state index in [1.165, 1.54) is 16.1 Å². The Morgan fingerprint density at radius 3 is 2.59 bits per heavy atom. The number of nitrogens with one attached hydrogen (secondary N) is 1. The second-order valence-electron chi connectivity index (χ2n) is 3.78. The van der Waals surface area contributed by atoms with Crippen LogP contribution in [0.3, 0.4) is 0 Å². The number of aromatic nitrogens is 1. The molecule has 1 N–H and O–H groups in total. The van der Waals surface area contributed by atoms with E-state index in [0.29, 0.717) is 0 Å². The Labute approximate surface area is 114 Å². The van der Waals surface area contributed by atoms with Crippen molar-refractivity contribution in [3.63, 3.8) is 0 Å². The van der Waals surface area contributed by atoms with E-state index >= 15 is 0 Å². The van der Waals surface area contributed by atoms with E-state index in [1.54, 1.807) is 11.3 Å². The molecule has 4 heteroatoms. The summed E-state index contributed by atoms with van der Waals surface area (Å²) in [5, 5.41) is 4.31. The first-order chi connectivity index (χ1) is 8.24. The Morgan fingerprint density at radius 1 is 1.29 bits per heavy atom. The summed E-state index contributed by atoms with van der Waals surface area (Å²) in [5.74, 6) is 0. The number of hydrogen-bond acceptors (Lipinski definition) is 3. The third kappa shape index (κ3) is 2.94. The van der Waals surface area contributed by atoms with E-state index in [2.05, 4.69) is 52.4 Å². The van der Waals surface area contributed by atoms with Crippen LogP contribution in [0.2, 0.25) is 0 Å². The van der Waals surface area contributed by atoms with Gasteiger partial charge in [0.15, 0.2) is 0 Å². The van der Waals surface area contributed by atoms with Crippen molar-refractivity contribution >= 4 is 27.3 Å². The van der Waals surface area contributed by atoms with Gasteiger partial charge in [-0.2, -0.15) is 0 Å². The lowest BCUT2D eigenvalue weighted by Crippen LogP contribution is -2.05. The summed E-state index contributed by atoms with van der Waals surface area (Å²) in [6.07, 6.45) is 0.990. The van der Waals surface area contributed by atoms with Crippen molar-refractivity contribution in [2.45, 2.75) is 19.9 Å². The minimum absolute atomic E-state index is 0.900. The highest BCUT2D eigenvalue weighted by Gasteiger charge is 2.10. The van der Waals surface area contributed by atoms with Gasteiger partial charge in [-0.15, -0.1) is 11.3 Å². The van der Waals surface area contributed by atoms with Crippen LogP contribution in [-0.4, -0.2) is 12.0 Å². The second kappa shape index (κ2) is 5.76. The predicted octanol–water partition coefficient (Wildman–Crippen LogP) is 3.85. The van der Waals surface area contributed by atoms with Crippen LogP contribution >= 0.6 is 27.3 Å². The summed E-state index contributed by atoms with van der Waals surface area (Å²) in [5.41, 5.74) is 2.40. The maximum Gasteiger partial charge on any atom is 0.123 e. The van der Waals surface area contributed by atoms with E-state index in [9.17, 15) is 0 Å². The molecule has 0 spiro atoms. The fourth-order valence-corrected chi connectivity index (χ4v) is 3.11. The Bertz CT molecular complexity index is 491. The normalized spacial score (nSPS) is 10.8. The molecule has 1 aromatic heterocycles. The molecular weight excluding hydrogens is 296 g/mol. The predicted molar refractivity (Wildman–Crippen MR) is 77.4 cm³/mol. The molecule has 0 aliphatic heterocycles. The molecule has 0 unspecified atom stereocenters. The zero-order chi connectivity index (χ0) is 12.3. The van der Waals surface area contributed by atoms with Crippen LogP contribution in [0, 0.1) is 0 Å². The molecule has 90 valence electrons. The number of aryl methyl sites for hydroxylation is 1. The van der Waals surface area contributed by atoms with Gasteiger partial charge < -0.3 is 5.32 Å². The molecule has 2 rings (SSSR count). The zero-order valence-corrected chi connectivity index (χ0v) is 12.4. The molecule has 0 saturated heterocycles. The third-order valence-electron chi connectivity index (χ3n) is 2.54. The molecule has 1 aromatic carbocycles. The Hall–Kier alpha value is -0.710. The van der Waals surface area contributed by atoms with E-state index in [-0.39, 0.29) is 0 Å². The number of hydrogen-bond donors (Lipinski definition) is 1. The first-order valence-electron chi connectivity index (χ1n) is 5.63. The number of thiazole rings is 1. The topological polar surface area (TPSA) is 24.9 Å². The molecule has 2 aromatic rings. The maximum absolute atomic E-state index is 4.71. The standard InChI is InChI=1S/C13H15BrN2S/c1-3-11-12(8-15-2)17-13(16-11)9-4-6-10(14)7-5-9/h4-7,15H,3,8H2,1-2H3. The van der Waals surface area contributed by atoms with Crippen LogP contribution < -0.4 is 5.32 Å². The number of nitrogens with zero attached hydrogens (tertiary/aromatic N) is 1. The lowest BCUT2D eigenvalue weighted by atomic mass is 10.2. The zero-order valence-electron chi connectivity index (χ0n) is 9.96. The lowest BCUT2D eigenvalue weighted by Gasteiger charge is -1.96. The van der Waals surface area contributed by atoms with Crippen molar-refractivity contribution in [3.8, 4) is 10.6 Å². The van der Waals surface area contributed by atoms with Crippen molar-refractivity contribution in [2.24, 2.45) is 0 Å². The molecule has 17 heavy (non-hydrogen) atoms. The monoisotopic (exact) mass is 310 g/mol. The molecule has 2 nitrogen and oxygen atoms in total. The van der Waals surface area contributed by atoms with Crippen LogP contribution in [0.25, 0.3) is 10.6 Å². The van der Waals surface area contributed by atoms with Gasteiger partial charge in [-0.05, 0) is 25.6 Å². The van der Waals surface area contributed by atoms with Gasteiger partial charge in [0.1, 0.15) is 5.01 Å². The molecule has 0 amide bonds. The van der Waals surface area contributed by atoms with E-state index < -0.39 is 0 Å². The Kier molecular flexibility index (Phi) is 4.31. The first-order valence-corrected chi connectivity index (χ1v) is 7.24. The molecule has 0 atom stereocenters. The van der Waals surface area contributed by atoms with Crippen LogP contribution in [0.15, 0.2) is 28.7 Å². The molecule has 0 bridgehead atoms. The fourth-order valence-electron chi connectivity index (χ4n) is 1.67. The number of benzene rings is 1. The van der Waals surface area contributed by atoms with Gasteiger partial charge in [-0.1, -0.05) is 35.0 Å². The minimum Gasteiger partial charge on any atom is -0.315 e. The first kappa shape index (κ1) is 12.7. The van der Waals surface area contributed by atoms with Gasteiger partial charge in [0.05, 0.1) is 5.69 Å². The average Bonchev–Trinajstić information content (AvgIpc) is 2.74. The van der Waals surface area contributed by atoms with Crippen LogP contribution in [0.5, 0.6) is 0 Å². The smallest absolute Gasteiger partial charge is 0.123 e. The molecular formula is C13H15BrN2S. The fraction of sp³-hybridized carbons (Fsp3) is 0.308. The number of rotatable bonds is 4. The van der Waals surface area contributed by atoms with Gasteiger partial charge in [-0.3, -0.25) is 0 Å². The van der Waals surface area contributed by atoms with E-state index in [4.69, 9.17) is 4.98 Å². The summed E-state index contributed by atoms with van der Waals surface area (Å²) < 4.78 is 1.10. The molecule has 0 saturated carbocycles. The quantitative estimate of drug-likeness (QED) is 0.927. The van der Waals surface area contributed by atoms with Crippen molar-refractivity contribution < 1.29 is 0 Å². The maximum atomic E-state index is 4.71. The molecule has 0 fully saturated rings. The largest absolute Gasteiger partial charge is 0.315 e. The van der Waals surface area contributed by atoms with Gasteiger partial charge in [0, 0.05) is 21.5 Å².